The van der Waals surface area contributed by atoms with Crippen LogP contribution in [-0.2, 0) is 25.9 Å². The molecule has 3 aromatic carbocycles. The molecule has 4 rings (SSSR count). The first-order valence-electron chi connectivity index (χ1n) is 8.98. The molecule has 1 heterocycles. The summed E-state index contributed by atoms with van der Waals surface area (Å²) in [7, 11) is 0. The molecule has 0 fully saturated rings. The van der Waals surface area contributed by atoms with Gasteiger partial charge in [0.15, 0.2) is 0 Å². The molecule has 0 bridgehead atoms. The number of rotatable bonds is 4. The van der Waals surface area contributed by atoms with E-state index < -0.39 is 0 Å². The van der Waals surface area contributed by atoms with Gasteiger partial charge in [-0.2, -0.15) is 0 Å². The van der Waals surface area contributed by atoms with Crippen molar-refractivity contribution in [3.05, 3.63) is 105 Å². The number of hydrogen-bond acceptors (Lipinski definition) is 1. The molecule has 0 N–H and O–H groups in total. The minimum Gasteiger partial charge on any atom is -0.291 e. The quantitative estimate of drug-likeness (QED) is 0.522. The Morgan fingerprint density at radius 2 is 1.42 bits per heavy atom. The summed E-state index contributed by atoms with van der Waals surface area (Å²) in [5.41, 5.74) is 5.25. The van der Waals surface area contributed by atoms with Crippen LogP contribution in [0.1, 0.15) is 22.3 Å². The van der Waals surface area contributed by atoms with Crippen LogP contribution in [0, 0.1) is 0 Å². The van der Waals surface area contributed by atoms with Gasteiger partial charge in [0, 0.05) is 34.7 Å². The maximum absolute atomic E-state index is 6.45. The average Bonchev–Trinajstić information content (AvgIpc) is 2.66. The number of nitrogens with zero attached hydrogens (tertiary/aromatic N) is 1. The zero-order chi connectivity index (χ0) is 17.9. The Labute approximate surface area is 165 Å². The standard InChI is InChI=1S/C23H21Cl2N/c24-22-11-6-12-23(25)21(22)16-26-15-19-10-5-4-9-18(19)14-20(26)13-17-7-2-1-3-8-17/h1-12,20H,13-16H2. The smallest absolute Gasteiger partial charge is 0.0465 e. The van der Waals surface area contributed by atoms with Crippen LogP contribution < -0.4 is 0 Å². The van der Waals surface area contributed by atoms with E-state index in [0.29, 0.717) is 6.04 Å². The summed E-state index contributed by atoms with van der Waals surface area (Å²) in [6.07, 6.45) is 2.07. The lowest BCUT2D eigenvalue weighted by Gasteiger charge is -2.37. The summed E-state index contributed by atoms with van der Waals surface area (Å²) >= 11 is 12.9. The fourth-order valence-corrected chi connectivity index (χ4v) is 4.32. The second-order valence-corrected chi connectivity index (χ2v) is 7.74. The fourth-order valence-electron chi connectivity index (χ4n) is 3.80. The summed E-state index contributed by atoms with van der Waals surface area (Å²) in [6.45, 7) is 1.69. The summed E-state index contributed by atoms with van der Waals surface area (Å²) in [5.74, 6) is 0. The van der Waals surface area contributed by atoms with Gasteiger partial charge in [-0.1, -0.05) is 83.9 Å². The number of halogens is 2. The van der Waals surface area contributed by atoms with Gasteiger partial charge in [0.05, 0.1) is 0 Å². The van der Waals surface area contributed by atoms with Crippen molar-refractivity contribution >= 4 is 23.2 Å². The van der Waals surface area contributed by atoms with Crippen LogP contribution in [0.3, 0.4) is 0 Å². The van der Waals surface area contributed by atoms with E-state index in [1.54, 1.807) is 0 Å². The van der Waals surface area contributed by atoms with Gasteiger partial charge in [-0.15, -0.1) is 0 Å². The molecule has 3 aromatic rings. The van der Waals surface area contributed by atoms with Crippen molar-refractivity contribution < 1.29 is 0 Å². The topological polar surface area (TPSA) is 3.24 Å². The third-order valence-electron chi connectivity index (χ3n) is 5.20. The molecule has 0 aliphatic carbocycles. The largest absolute Gasteiger partial charge is 0.291 e. The van der Waals surface area contributed by atoms with Gasteiger partial charge in [0.25, 0.3) is 0 Å². The predicted octanol–water partition coefficient (Wildman–Crippen LogP) is 6.16. The normalized spacial score (nSPS) is 17.1. The average molecular weight is 382 g/mol. The predicted molar refractivity (Wildman–Crippen MR) is 110 cm³/mol. The van der Waals surface area contributed by atoms with Crippen LogP contribution in [0.2, 0.25) is 10.0 Å². The zero-order valence-corrected chi connectivity index (χ0v) is 16.0. The molecule has 132 valence electrons. The molecule has 0 spiro atoms. The third kappa shape index (κ3) is 3.81. The third-order valence-corrected chi connectivity index (χ3v) is 5.91. The van der Waals surface area contributed by atoms with Crippen molar-refractivity contribution in [1.29, 1.82) is 0 Å². The molecule has 0 saturated carbocycles. The van der Waals surface area contributed by atoms with Gasteiger partial charge in [-0.05, 0) is 41.7 Å². The molecule has 0 aromatic heterocycles. The van der Waals surface area contributed by atoms with Crippen molar-refractivity contribution in [2.24, 2.45) is 0 Å². The molecule has 1 aliphatic rings. The zero-order valence-electron chi connectivity index (χ0n) is 14.5. The molecule has 1 nitrogen and oxygen atoms in total. The lowest BCUT2D eigenvalue weighted by molar-refractivity contribution is 0.161. The highest BCUT2D eigenvalue weighted by Gasteiger charge is 2.27. The van der Waals surface area contributed by atoms with E-state index in [1.165, 1.54) is 16.7 Å². The molecule has 1 unspecified atom stereocenters. The maximum atomic E-state index is 6.45. The van der Waals surface area contributed by atoms with Crippen molar-refractivity contribution in [1.82, 2.24) is 4.90 Å². The van der Waals surface area contributed by atoms with E-state index in [1.807, 2.05) is 18.2 Å². The Morgan fingerprint density at radius 1 is 0.769 bits per heavy atom. The van der Waals surface area contributed by atoms with E-state index >= 15 is 0 Å². The Hall–Kier alpha value is -1.80. The van der Waals surface area contributed by atoms with Gasteiger partial charge in [-0.25, -0.2) is 0 Å². The molecular weight excluding hydrogens is 361 g/mol. The van der Waals surface area contributed by atoms with Gasteiger partial charge >= 0.3 is 0 Å². The van der Waals surface area contributed by atoms with Gasteiger partial charge in [0.2, 0.25) is 0 Å². The fraction of sp³-hybridized carbons (Fsp3) is 0.217. The van der Waals surface area contributed by atoms with E-state index in [4.69, 9.17) is 23.2 Å². The summed E-state index contributed by atoms with van der Waals surface area (Å²) in [6, 6.07) is 25.6. The Balaban J connectivity index is 1.64. The Kier molecular flexibility index (Phi) is 5.31. The van der Waals surface area contributed by atoms with Crippen molar-refractivity contribution in [2.75, 3.05) is 0 Å². The molecule has 3 heteroatoms. The molecule has 0 saturated heterocycles. The first-order valence-corrected chi connectivity index (χ1v) is 9.74. The van der Waals surface area contributed by atoms with Crippen molar-refractivity contribution in [2.45, 2.75) is 32.0 Å². The van der Waals surface area contributed by atoms with Crippen LogP contribution >= 0.6 is 23.2 Å². The Bertz CT molecular complexity index is 871. The monoisotopic (exact) mass is 381 g/mol. The lowest BCUT2D eigenvalue weighted by atomic mass is 9.90. The summed E-state index contributed by atoms with van der Waals surface area (Å²) < 4.78 is 0. The van der Waals surface area contributed by atoms with Gasteiger partial charge in [0.1, 0.15) is 0 Å². The van der Waals surface area contributed by atoms with E-state index in [2.05, 4.69) is 59.5 Å². The van der Waals surface area contributed by atoms with Crippen LogP contribution in [0.15, 0.2) is 72.8 Å². The number of hydrogen-bond donors (Lipinski definition) is 0. The Morgan fingerprint density at radius 3 is 2.15 bits per heavy atom. The lowest BCUT2D eigenvalue weighted by Crippen LogP contribution is -2.41. The first kappa shape index (κ1) is 17.6. The minimum absolute atomic E-state index is 0.430. The van der Waals surface area contributed by atoms with E-state index in [-0.39, 0.29) is 0 Å². The van der Waals surface area contributed by atoms with Crippen molar-refractivity contribution in [3.8, 4) is 0 Å². The number of fused-ring (bicyclic) bond motifs is 1. The highest BCUT2D eigenvalue weighted by Crippen LogP contribution is 2.31. The van der Waals surface area contributed by atoms with Crippen LogP contribution in [0.5, 0.6) is 0 Å². The molecule has 26 heavy (non-hydrogen) atoms. The second kappa shape index (κ2) is 7.84. The first-order chi connectivity index (χ1) is 12.7. The molecule has 0 amide bonds. The highest BCUT2D eigenvalue weighted by atomic mass is 35.5. The second-order valence-electron chi connectivity index (χ2n) is 6.92. The van der Waals surface area contributed by atoms with E-state index in [0.717, 1.165) is 41.5 Å². The van der Waals surface area contributed by atoms with Gasteiger partial charge in [-0.3, -0.25) is 4.90 Å². The van der Waals surface area contributed by atoms with Gasteiger partial charge < -0.3 is 0 Å². The minimum atomic E-state index is 0.430. The number of benzene rings is 3. The maximum Gasteiger partial charge on any atom is 0.0465 e. The van der Waals surface area contributed by atoms with Crippen molar-refractivity contribution in [3.63, 3.8) is 0 Å². The van der Waals surface area contributed by atoms with E-state index in [9.17, 15) is 0 Å². The molecular formula is C23H21Cl2N. The van der Waals surface area contributed by atoms with Crippen LogP contribution in [0.4, 0.5) is 0 Å². The SMILES string of the molecule is Clc1cccc(Cl)c1CN1Cc2ccccc2CC1Cc1ccccc1. The summed E-state index contributed by atoms with van der Waals surface area (Å²) in [5, 5.41) is 1.49. The molecule has 0 radical (unpaired) electrons. The van der Waals surface area contributed by atoms with Crippen LogP contribution in [0.25, 0.3) is 0 Å². The highest BCUT2D eigenvalue weighted by molar-refractivity contribution is 6.35. The molecule has 1 aliphatic heterocycles. The molecule has 1 atom stereocenters. The summed E-state index contributed by atoms with van der Waals surface area (Å²) in [4.78, 5) is 2.52. The van der Waals surface area contributed by atoms with Crippen LogP contribution in [-0.4, -0.2) is 10.9 Å².